The van der Waals surface area contributed by atoms with Crippen molar-refractivity contribution in [1.82, 2.24) is 0 Å². The second-order valence-corrected chi connectivity index (χ2v) is 4.52. The van der Waals surface area contributed by atoms with Crippen LogP contribution in [-0.4, -0.2) is 24.3 Å². The molecule has 16 heavy (non-hydrogen) atoms. The minimum atomic E-state index is -0.802. The fourth-order valence-electron chi connectivity index (χ4n) is 1.65. The predicted molar refractivity (Wildman–Crippen MR) is 65.1 cm³/mol. The molecule has 0 saturated carbocycles. The lowest BCUT2D eigenvalue weighted by atomic mass is 10.1. The number of hydrogen-bond donors (Lipinski definition) is 2. The van der Waals surface area contributed by atoms with E-state index in [1.54, 1.807) is 26.0 Å². The molecule has 0 bridgehead atoms. The van der Waals surface area contributed by atoms with Gasteiger partial charge in [-0.25, -0.2) is 0 Å². The first kappa shape index (κ1) is 12.3. The van der Waals surface area contributed by atoms with Crippen LogP contribution in [0.2, 0.25) is 0 Å². The number of nitrogens with zero attached hydrogens (tertiary/aromatic N) is 2. The lowest BCUT2D eigenvalue weighted by molar-refractivity contribution is 0.0886. The number of nitrogens with two attached hydrogens (primary N) is 1. The average Bonchev–Trinajstić information content (AvgIpc) is 2.15. The molecule has 3 N–H and O–H groups in total. The van der Waals surface area contributed by atoms with Crippen molar-refractivity contribution in [3.63, 3.8) is 0 Å². The van der Waals surface area contributed by atoms with E-state index in [9.17, 15) is 5.11 Å². The summed E-state index contributed by atoms with van der Waals surface area (Å²) >= 11 is 0. The number of para-hydroxylation sites is 1. The van der Waals surface area contributed by atoms with E-state index in [2.05, 4.69) is 0 Å². The number of aliphatic hydroxyl groups is 1. The Labute approximate surface area is 95.9 Å². The molecule has 0 fully saturated rings. The lowest BCUT2D eigenvalue weighted by Crippen LogP contribution is -2.36. The van der Waals surface area contributed by atoms with E-state index in [-0.39, 0.29) is 0 Å². The molecule has 1 aromatic rings. The highest BCUT2D eigenvalue weighted by Gasteiger charge is 2.17. The first-order chi connectivity index (χ1) is 7.35. The van der Waals surface area contributed by atoms with Gasteiger partial charge in [0.05, 0.1) is 22.5 Å². The molecule has 4 nitrogen and oxygen atoms in total. The molecule has 0 spiro atoms. The molecule has 0 atom stereocenters. The van der Waals surface area contributed by atoms with Crippen LogP contribution in [0.4, 0.5) is 11.4 Å². The van der Waals surface area contributed by atoms with Gasteiger partial charge in [0.25, 0.3) is 0 Å². The fraction of sp³-hybridized carbons (Fsp3) is 0.417. The first-order valence-corrected chi connectivity index (χ1v) is 5.07. The Hall–Kier alpha value is -1.73. The lowest BCUT2D eigenvalue weighted by Gasteiger charge is -2.28. The summed E-state index contributed by atoms with van der Waals surface area (Å²) in [5.74, 6) is 0. The number of rotatable bonds is 3. The van der Waals surface area contributed by atoms with E-state index in [4.69, 9.17) is 11.0 Å². The van der Waals surface area contributed by atoms with Crippen LogP contribution in [0.1, 0.15) is 19.4 Å². The molecule has 0 aliphatic carbocycles. The van der Waals surface area contributed by atoms with E-state index in [0.29, 0.717) is 17.8 Å². The molecular weight excluding hydrogens is 202 g/mol. The summed E-state index contributed by atoms with van der Waals surface area (Å²) in [6.45, 7) is 3.91. The summed E-state index contributed by atoms with van der Waals surface area (Å²) in [5, 5.41) is 18.6. The van der Waals surface area contributed by atoms with Crippen molar-refractivity contribution >= 4 is 11.4 Å². The summed E-state index contributed by atoms with van der Waals surface area (Å²) in [4.78, 5) is 1.84. The van der Waals surface area contributed by atoms with E-state index in [0.717, 1.165) is 5.69 Å². The molecule has 0 aromatic heterocycles. The third kappa shape index (κ3) is 2.88. The molecule has 4 heteroatoms. The molecule has 86 valence electrons. The van der Waals surface area contributed by atoms with Crippen LogP contribution in [0.25, 0.3) is 0 Å². The van der Waals surface area contributed by atoms with Crippen molar-refractivity contribution in [1.29, 1.82) is 5.26 Å². The first-order valence-electron chi connectivity index (χ1n) is 5.07. The maximum atomic E-state index is 9.72. The smallest absolute Gasteiger partial charge is 0.101 e. The zero-order chi connectivity index (χ0) is 12.3. The Balaban J connectivity index is 3.01. The molecular formula is C12H17N3O. The van der Waals surface area contributed by atoms with Crippen LogP contribution >= 0.6 is 0 Å². The van der Waals surface area contributed by atoms with Crippen molar-refractivity contribution < 1.29 is 5.11 Å². The van der Waals surface area contributed by atoms with E-state index < -0.39 is 5.60 Å². The van der Waals surface area contributed by atoms with Gasteiger partial charge in [-0.05, 0) is 26.0 Å². The van der Waals surface area contributed by atoms with Crippen LogP contribution in [0.5, 0.6) is 0 Å². The van der Waals surface area contributed by atoms with Crippen LogP contribution in [0.15, 0.2) is 18.2 Å². The molecule has 1 rings (SSSR count). The van der Waals surface area contributed by atoms with Crippen LogP contribution in [-0.2, 0) is 0 Å². The second kappa shape index (κ2) is 4.42. The third-order valence-corrected chi connectivity index (χ3v) is 2.24. The topological polar surface area (TPSA) is 73.3 Å². The van der Waals surface area contributed by atoms with E-state index >= 15 is 0 Å². The number of nitrogen functional groups attached to an aromatic ring is 1. The van der Waals surface area contributed by atoms with E-state index in [1.807, 2.05) is 24.1 Å². The SMILES string of the molecule is CN(CC(C)(C)O)c1cccc(C#N)c1N. The normalized spacial score (nSPS) is 10.9. The van der Waals surface area contributed by atoms with Crippen molar-refractivity contribution in [3.8, 4) is 6.07 Å². The molecule has 0 aliphatic heterocycles. The highest BCUT2D eigenvalue weighted by atomic mass is 16.3. The van der Waals surface area contributed by atoms with Crippen LogP contribution in [0, 0.1) is 11.3 Å². The number of nitriles is 1. The minimum absolute atomic E-state index is 0.450. The minimum Gasteiger partial charge on any atom is -0.396 e. The Kier molecular flexibility index (Phi) is 3.41. The summed E-state index contributed by atoms with van der Waals surface area (Å²) in [5.41, 5.74) is 6.74. The number of likely N-dealkylation sites (N-methyl/N-ethyl adjacent to an activating group) is 1. The van der Waals surface area contributed by atoms with Crippen molar-refractivity contribution in [2.45, 2.75) is 19.4 Å². The average molecular weight is 219 g/mol. The van der Waals surface area contributed by atoms with Crippen LogP contribution in [0.3, 0.4) is 0 Å². The van der Waals surface area contributed by atoms with Gasteiger partial charge >= 0.3 is 0 Å². The third-order valence-electron chi connectivity index (χ3n) is 2.24. The summed E-state index contributed by atoms with van der Waals surface area (Å²) in [6.07, 6.45) is 0. The Morgan fingerprint density at radius 1 is 1.50 bits per heavy atom. The summed E-state index contributed by atoms with van der Waals surface area (Å²) in [7, 11) is 1.84. The van der Waals surface area contributed by atoms with Crippen molar-refractivity contribution in [3.05, 3.63) is 23.8 Å². The maximum Gasteiger partial charge on any atom is 0.101 e. The summed E-state index contributed by atoms with van der Waals surface area (Å²) < 4.78 is 0. The summed E-state index contributed by atoms with van der Waals surface area (Å²) in [6, 6.07) is 7.33. The predicted octanol–water partition coefficient (Wildman–Crippen LogP) is 1.35. The van der Waals surface area contributed by atoms with Gasteiger partial charge in [0.1, 0.15) is 6.07 Å². The zero-order valence-corrected chi connectivity index (χ0v) is 9.86. The number of anilines is 2. The van der Waals surface area contributed by atoms with Crippen molar-refractivity contribution in [2.24, 2.45) is 0 Å². The largest absolute Gasteiger partial charge is 0.396 e. The molecule has 0 heterocycles. The molecule has 0 saturated heterocycles. The fourth-order valence-corrected chi connectivity index (χ4v) is 1.65. The molecule has 0 unspecified atom stereocenters. The highest BCUT2D eigenvalue weighted by Crippen LogP contribution is 2.26. The maximum absolute atomic E-state index is 9.72. The monoisotopic (exact) mass is 219 g/mol. The molecule has 0 radical (unpaired) electrons. The van der Waals surface area contributed by atoms with Gasteiger partial charge in [0.2, 0.25) is 0 Å². The van der Waals surface area contributed by atoms with Gasteiger partial charge in [0.15, 0.2) is 0 Å². The van der Waals surface area contributed by atoms with E-state index in [1.165, 1.54) is 0 Å². The van der Waals surface area contributed by atoms with Gasteiger partial charge in [0, 0.05) is 13.6 Å². The number of benzene rings is 1. The Bertz CT molecular complexity index is 415. The van der Waals surface area contributed by atoms with Gasteiger partial charge in [-0.3, -0.25) is 0 Å². The number of hydrogen-bond acceptors (Lipinski definition) is 4. The zero-order valence-electron chi connectivity index (χ0n) is 9.86. The molecule has 0 amide bonds. The Morgan fingerprint density at radius 3 is 2.62 bits per heavy atom. The van der Waals surface area contributed by atoms with Gasteiger partial charge in [-0.1, -0.05) is 6.07 Å². The van der Waals surface area contributed by atoms with Crippen molar-refractivity contribution in [2.75, 3.05) is 24.2 Å². The molecule has 1 aromatic carbocycles. The van der Waals surface area contributed by atoms with Crippen LogP contribution < -0.4 is 10.6 Å². The van der Waals surface area contributed by atoms with Gasteiger partial charge in [-0.2, -0.15) is 5.26 Å². The van der Waals surface area contributed by atoms with Gasteiger partial charge < -0.3 is 15.7 Å². The van der Waals surface area contributed by atoms with Gasteiger partial charge in [-0.15, -0.1) is 0 Å². The highest BCUT2D eigenvalue weighted by molar-refractivity contribution is 5.73. The quantitative estimate of drug-likeness (QED) is 0.752. The molecule has 0 aliphatic rings. The Morgan fingerprint density at radius 2 is 2.12 bits per heavy atom. The second-order valence-electron chi connectivity index (χ2n) is 4.52. The standard InChI is InChI=1S/C12H17N3O/c1-12(2,16)8-15(3)10-6-4-5-9(7-13)11(10)14/h4-6,16H,8,14H2,1-3H3.